The Labute approximate surface area is 158 Å². The Balaban J connectivity index is 1.43. The van der Waals surface area contributed by atoms with Gasteiger partial charge in [-0.1, -0.05) is 23.8 Å². The summed E-state index contributed by atoms with van der Waals surface area (Å²) in [5.74, 6) is 0.487. The minimum absolute atomic E-state index is 0.182. The van der Waals surface area contributed by atoms with E-state index in [9.17, 15) is 9.59 Å². The number of amides is 3. The molecule has 0 aliphatic carbocycles. The first-order valence-electron chi connectivity index (χ1n) is 9.02. The first kappa shape index (κ1) is 18.5. The molecular formula is C20H25N3O2S. The van der Waals surface area contributed by atoms with Crippen LogP contribution in [0.3, 0.4) is 0 Å². The van der Waals surface area contributed by atoms with Gasteiger partial charge in [0.05, 0.1) is 6.42 Å². The van der Waals surface area contributed by atoms with Gasteiger partial charge in [0.25, 0.3) is 0 Å². The summed E-state index contributed by atoms with van der Waals surface area (Å²) in [6, 6.07) is 11.5. The molecule has 138 valence electrons. The number of urea groups is 1. The van der Waals surface area contributed by atoms with Crippen molar-refractivity contribution in [3.8, 4) is 0 Å². The fourth-order valence-corrected chi connectivity index (χ4v) is 3.88. The summed E-state index contributed by atoms with van der Waals surface area (Å²) in [7, 11) is 0. The quantitative estimate of drug-likeness (QED) is 0.843. The third-order valence-electron chi connectivity index (χ3n) is 4.64. The van der Waals surface area contributed by atoms with E-state index in [4.69, 9.17) is 0 Å². The van der Waals surface area contributed by atoms with Crippen LogP contribution >= 0.6 is 11.3 Å². The maximum Gasteiger partial charge on any atom is 0.319 e. The molecule has 2 heterocycles. The van der Waals surface area contributed by atoms with E-state index in [2.05, 4.69) is 10.6 Å². The van der Waals surface area contributed by atoms with Gasteiger partial charge in [0.1, 0.15) is 0 Å². The van der Waals surface area contributed by atoms with Gasteiger partial charge in [-0.3, -0.25) is 4.79 Å². The molecule has 2 N–H and O–H groups in total. The number of anilines is 1. The Morgan fingerprint density at radius 1 is 1.23 bits per heavy atom. The van der Waals surface area contributed by atoms with Crippen molar-refractivity contribution in [2.75, 3.05) is 25.0 Å². The lowest BCUT2D eigenvalue weighted by atomic mass is 9.97. The number of benzene rings is 1. The van der Waals surface area contributed by atoms with Crippen LogP contribution in [0.1, 0.15) is 23.3 Å². The zero-order valence-electron chi connectivity index (χ0n) is 15.0. The molecule has 0 spiro atoms. The van der Waals surface area contributed by atoms with Gasteiger partial charge in [-0.2, -0.15) is 0 Å². The van der Waals surface area contributed by atoms with Crippen LogP contribution in [0.25, 0.3) is 0 Å². The molecule has 1 aromatic carbocycles. The van der Waals surface area contributed by atoms with Gasteiger partial charge in [0, 0.05) is 30.2 Å². The van der Waals surface area contributed by atoms with Crippen LogP contribution in [-0.4, -0.2) is 36.5 Å². The Hall–Kier alpha value is -2.34. The SMILES string of the molecule is Cc1ccc(NC(=O)NC[C@H]2CCCN(C(=O)Cc3cccs3)C2)cc1. The van der Waals surface area contributed by atoms with Gasteiger partial charge in [-0.25, -0.2) is 4.79 Å². The zero-order valence-corrected chi connectivity index (χ0v) is 15.8. The summed E-state index contributed by atoms with van der Waals surface area (Å²) in [6.45, 7) is 4.13. The van der Waals surface area contributed by atoms with E-state index in [1.54, 1.807) is 11.3 Å². The first-order chi connectivity index (χ1) is 12.6. The van der Waals surface area contributed by atoms with Gasteiger partial charge < -0.3 is 15.5 Å². The average molecular weight is 372 g/mol. The van der Waals surface area contributed by atoms with Crippen LogP contribution in [0.15, 0.2) is 41.8 Å². The number of nitrogens with zero attached hydrogens (tertiary/aromatic N) is 1. The minimum Gasteiger partial charge on any atom is -0.342 e. The highest BCUT2D eigenvalue weighted by molar-refractivity contribution is 7.10. The zero-order chi connectivity index (χ0) is 18.4. The maximum atomic E-state index is 12.5. The second kappa shape index (κ2) is 8.85. The summed E-state index contributed by atoms with van der Waals surface area (Å²) in [4.78, 5) is 27.6. The minimum atomic E-state index is -0.198. The number of nitrogens with one attached hydrogen (secondary N) is 2. The second-order valence-corrected chi connectivity index (χ2v) is 7.84. The third kappa shape index (κ3) is 5.33. The van der Waals surface area contributed by atoms with Crippen molar-refractivity contribution in [3.63, 3.8) is 0 Å². The Morgan fingerprint density at radius 2 is 2.04 bits per heavy atom. The van der Waals surface area contributed by atoms with Gasteiger partial charge in [-0.05, 0) is 49.3 Å². The molecule has 0 radical (unpaired) electrons. The molecule has 26 heavy (non-hydrogen) atoms. The molecule has 1 aromatic heterocycles. The largest absolute Gasteiger partial charge is 0.342 e. The van der Waals surface area contributed by atoms with Crippen LogP contribution in [0.2, 0.25) is 0 Å². The van der Waals surface area contributed by atoms with Crippen LogP contribution in [-0.2, 0) is 11.2 Å². The number of thiophene rings is 1. The summed E-state index contributed by atoms with van der Waals surface area (Å²) >= 11 is 1.62. The Morgan fingerprint density at radius 3 is 2.77 bits per heavy atom. The highest BCUT2D eigenvalue weighted by atomic mass is 32.1. The molecule has 0 bridgehead atoms. The highest BCUT2D eigenvalue weighted by Gasteiger charge is 2.24. The van der Waals surface area contributed by atoms with E-state index < -0.39 is 0 Å². The molecular weight excluding hydrogens is 346 g/mol. The van der Waals surface area contributed by atoms with Crippen molar-refractivity contribution in [2.24, 2.45) is 5.92 Å². The maximum absolute atomic E-state index is 12.5. The molecule has 6 heteroatoms. The first-order valence-corrected chi connectivity index (χ1v) is 9.90. The second-order valence-electron chi connectivity index (χ2n) is 6.81. The number of carbonyl (C=O) groups is 2. The molecule has 1 saturated heterocycles. The van der Waals surface area contributed by atoms with Crippen LogP contribution in [0, 0.1) is 12.8 Å². The van der Waals surface area contributed by atoms with E-state index in [-0.39, 0.29) is 11.9 Å². The summed E-state index contributed by atoms with van der Waals surface area (Å²) < 4.78 is 0. The van der Waals surface area contributed by atoms with Gasteiger partial charge in [0.2, 0.25) is 5.91 Å². The van der Waals surface area contributed by atoms with E-state index in [0.717, 1.165) is 42.1 Å². The van der Waals surface area contributed by atoms with Gasteiger partial charge >= 0.3 is 6.03 Å². The lowest BCUT2D eigenvalue weighted by molar-refractivity contribution is -0.132. The number of hydrogen-bond acceptors (Lipinski definition) is 3. The predicted molar refractivity (Wildman–Crippen MR) is 106 cm³/mol. The van der Waals surface area contributed by atoms with Crippen LogP contribution in [0.5, 0.6) is 0 Å². The summed E-state index contributed by atoms with van der Waals surface area (Å²) in [5.41, 5.74) is 1.94. The van der Waals surface area contributed by atoms with E-state index in [0.29, 0.717) is 18.9 Å². The smallest absolute Gasteiger partial charge is 0.319 e. The molecule has 1 fully saturated rings. The topological polar surface area (TPSA) is 61.4 Å². The number of carbonyl (C=O) groups excluding carboxylic acids is 2. The Bertz CT molecular complexity index is 728. The third-order valence-corrected chi connectivity index (χ3v) is 5.51. The van der Waals surface area contributed by atoms with Gasteiger partial charge in [0.15, 0.2) is 0 Å². The lowest BCUT2D eigenvalue weighted by Crippen LogP contribution is -2.44. The van der Waals surface area contributed by atoms with Crippen molar-refractivity contribution >= 4 is 29.0 Å². The molecule has 0 unspecified atom stereocenters. The predicted octanol–water partition coefficient (Wildman–Crippen LogP) is 3.66. The lowest BCUT2D eigenvalue weighted by Gasteiger charge is -2.33. The van der Waals surface area contributed by atoms with E-state index >= 15 is 0 Å². The molecule has 3 amide bonds. The molecule has 3 rings (SSSR count). The normalized spacial score (nSPS) is 17.0. The van der Waals surface area contributed by atoms with Crippen molar-refractivity contribution in [1.82, 2.24) is 10.2 Å². The summed E-state index contributed by atoms with van der Waals surface area (Å²) in [5, 5.41) is 7.78. The number of hydrogen-bond donors (Lipinski definition) is 2. The molecule has 1 aliphatic heterocycles. The fourth-order valence-electron chi connectivity index (χ4n) is 3.18. The summed E-state index contributed by atoms with van der Waals surface area (Å²) in [6.07, 6.45) is 2.50. The van der Waals surface area contributed by atoms with Crippen LogP contribution in [0.4, 0.5) is 10.5 Å². The number of piperidine rings is 1. The number of likely N-dealkylation sites (tertiary alicyclic amines) is 1. The van der Waals surface area contributed by atoms with Crippen molar-refractivity contribution < 1.29 is 9.59 Å². The molecule has 2 aromatic rings. The standard InChI is InChI=1S/C20H25N3O2S/c1-15-6-8-17(9-7-15)22-20(25)21-13-16-4-2-10-23(14-16)19(24)12-18-5-3-11-26-18/h3,5-9,11,16H,2,4,10,12-14H2,1H3,(H2,21,22,25)/t16-/m1/s1. The molecule has 1 aliphatic rings. The number of aryl methyl sites for hydroxylation is 1. The molecule has 1 atom stereocenters. The average Bonchev–Trinajstić information content (AvgIpc) is 3.15. The van der Waals surface area contributed by atoms with Crippen molar-refractivity contribution in [3.05, 3.63) is 52.2 Å². The van der Waals surface area contributed by atoms with Crippen LogP contribution < -0.4 is 10.6 Å². The van der Waals surface area contributed by atoms with Crippen molar-refractivity contribution in [2.45, 2.75) is 26.2 Å². The van der Waals surface area contributed by atoms with Gasteiger partial charge in [-0.15, -0.1) is 11.3 Å². The molecule has 5 nitrogen and oxygen atoms in total. The monoisotopic (exact) mass is 371 g/mol. The highest BCUT2D eigenvalue weighted by Crippen LogP contribution is 2.18. The molecule has 0 saturated carbocycles. The number of rotatable bonds is 5. The van der Waals surface area contributed by atoms with Crippen molar-refractivity contribution in [1.29, 1.82) is 0 Å². The van der Waals surface area contributed by atoms with E-state index in [1.807, 2.05) is 53.6 Å². The van der Waals surface area contributed by atoms with E-state index in [1.165, 1.54) is 0 Å². The Kier molecular flexibility index (Phi) is 6.28. The fraction of sp³-hybridized carbons (Fsp3) is 0.400.